The molecule has 2 amide bonds. The van der Waals surface area contributed by atoms with E-state index in [2.05, 4.69) is 0 Å². The highest BCUT2D eigenvalue weighted by atomic mass is 35.6. The molecule has 1 fully saturated rings. The number of carbonyl (C=O) groups excluding carboxylic acids is 3. The summed E-state index contributed by atoms with van der Waals surface area (Å²) in [5, 5.41) is 9.46. The van der Waals surface area contributed by atoms with Crippen LogP contribution in [-0.4, -0.2) is 51.8 Å². The van der Waals surface area contributed by atoms with E-state index in [1.54, 1.807) is 19.1 Å². The van der Waals surface area contributed by atoms with Crippen LogP contribution in [0.3, 0.4) is 0 Å². The Morgan fingerprint density at radius 1 is 1.26 bits per heavy atom. The number of ether oxygens (including phenoxy) is 3. The van der Waals surface area contributed by atoms with Crippen molar-refractivity contribution in [3.63, 3.8) is 0 Å². The summed E-state index contributed by atoms with van der Waals surface area (Å²) in [5.41, 5.74) is -1.32. The average Bonchev–Trinajstić information content (AvgIpc) is 3.33. The summed E-state index contributed by atoms with van der Waals surface area (Å²) in [6, 6.07) is 6.59. The van der Waals surface area contributed by atoms with Crippen LogP contribution in [0.1, 0.15) is 58.8 Å². The third-order valence-electron chi connectivity index (χ3n) is 5.03. The fourth-order valence-corrected chi connectivity index (χ4v) is 3.97. The first kappa shape index (κ1) is 23.8. The first-order valence-electron chi connectivity index (χ1n) is 9.52. The third kappa shape index (κ3) is 4.52. The van der Waals surface area contributed by atoms with Gasteiger partial charge in [-0.15, -0.1) is 0 Å². The molecule has 0 aromatic heterocycles. The first-order valence-corrected chi connectivity index (χ1v) is 10.7. The van der Waals surface area contributed by atoms with Crippen molar-refractivity contribution in [1.82, 2.24) is 4.90 Å². The van der Waals surface area contributed by atoms with Gasteiger partial charge in [0.15, 0.2) is 11.8 Å². The van der Waals surface area contributed by atoms with E-state index >= 15 is 0 Å². The highest BCUT2D eigenvalue weighted by Gasteiger charge is 2.55. The van der Waals surface area contributed by atoms with E-state index in [-0.39, 0.29) is 17.5 Å². The lowest BCUT2D eigenvalue weighted by atomic mass is 9.88. The highest BCUT2D eigenvalue weighted by Crippen LogP contribution is 2.40. The number of hydrogen-bond donors (Lipinski definition) is 0. The minimum Gasteiger partial charge on any atom is -0.459 e. The summed E-state index contributed by atoms with van der Waals surface area (Å²) in [5.74, 6) is -2.44. The molecule has 2 aliphatic rings. The Hall–Kier alpha value is -1.89. The van der Waals surface area contributed by atoms with Crippen molar-refractivity contribution in [1.29, 1.82) is 5.26 Å². The van der Waals surface area contributed by atoms with Crippen molar-refractivity contribution in [3.05, 3.63) is 34.9 Å². The number of nitriles is 1. The van der Waals surface area contributed by atoms with Crippen molar-refractivity contribution in [3.8, 4) is 6.07 Å². The molecule has 1 aromatic carbocycles. The number of nitrogens with zero attached hydrogens (tertiary/aromatic N) is 2. The predicted octanol–water partition coefficient (Wildman–Crippen LogP) is 3.69. The number of hydrogen-bond acceptors (Lipinski definition) is 7. The number of esters is 1. The van der Waals surface area contributed by atoms with Crippen LogP contribution < -0.4 is 0 Å². The van der Waals surface area contributed by atoms with Gasteiger partial charge in [0.2, 0.25) is 3.79 Å². The summed E-state index contributed by atoms with van der Waals surface area (Å²) in [4.78, 5) is 40.7. The maximum Gasteiger partial charge on any atom is 0.333 e. The summed E-state index contributed by atoms with van der Waals surface area (Å²) in [6.45, 7) is 1.83. The lowest BCUT2D eigenvalue weighted by molar-refractivity contribution is -0.155. The van der Waals surface area contributed by atoms with Crippen molar-refractivity contribution >= 4 is 52.6 Å². The molecule has 0 N–H and O–H groups in total. The summed E-state index contributed by atoms with van der Waals surface area (Å²) in [6.07, 6.45) is -0.910. The van der Waals surface area contributed by atoms with Gasteiger partial charge in [0.05, 0.1) is 36.8 Å². The zero-order chi connectivity index (χ0) is 22.8. The maximum atomic E-state index is 13.5. The van der Waals surface area contributed by atoms with E-state index in [9.17, 15) is 19.6 Å². The monoisotopic (exact) mass is 488 g/mol. The second kappa shape index (κ2) is 9.31. The van der Waals surface area contributed by atoms with E-state index in [4.69, 9.17) is 49.0 Å². The van der Waals surface area contributed by atoms with Crippen molar-refractivity contribution in [2.45, 2.75) is 41.8 Å². The van der Waals surface area contributed by atoms with Crippen LogP contribution in [-0.2, 0) is 19.0 Å². The van der Waals surface area contributed by atoms with Gasteiger partial charge >= 0.3 is 5.97 Å². The molecule has 2 aliphatic heterocycles. The minimum absolute atomic E-state index is 0.00349. The Morgan fingerprint density at radius 2 is 1.94 bits per heavy atom. The molecular formula is C20H19Cl3N2O6. The molecule has 3 rings (SSSR count). The van der Waals surface area contributed by atoms with E-state index < -0.39 is 46.4 Å². The molecule has 166 valence electrons. The minimum atomic E-state index is -1.90. The molecule has 1 unspecified atom stereocenters. The van der Waals surface area contributed by atoms with E-state index in [1.807, 2.05) is 6.07 Å². The van der Waals surface area contributed by atoms with E-state index in [1.165, 1.54) is 6.07 Å². The number of benzene rings is 1. The van der Waals surface area contributed by atoms with Gasteiger partial charge in [0.25, 0.3) is 11.8 Å². The molecule has 0 saturated carbocycles. The number of imide groups is 1. The Bertz CT molecular complexity index is 936. The van der Waals surface area contributed by atoms with Gasteiger partial charge in [0, 0.05) is 5.56 Å². The lowest BCUT2D eigenvalue weighted by Gasteiger charge is -2.36. The molecule has 0 aliphatic carbocycles. The molecule has 2 heterocycles. The molecule has 1 atom stereocenters. The van der Waals surface area contributed by atoms with Gasteiger partial charge in [-0.3, -0.25) is 14.5 Å². The molecule has 11 heteroatoms. The summed E-state index contributed by atoms with van der Waals surface area (Å²) in [7, 11) is 0. The first-order chi connectivity index (χ1) is 14.7. The second-order valence-electron chi connectivity index (χ2n) is 7.10. The maximum absolute atomic E-state index is 13.5. The van der Waals surface area contributed by atoms with E-state index in [0.717, 1.165) is 4.90 Å². The highest BCUT2D eigenvalue weighted by molar-refractivity contribution is 6.67. The van der Waals surface area contributed by atoms with Crippen molar-refractivity contribution < 1.29 is 28.6 Å². The molecule has 0 spiro atoms. The molecule has 0 radical (unpaired) electrons. The Balaban J connectivity index is 2.06. The normalized spacial score (nSPS) is 18.6. The SMILES string of the molecule is CCCC(CC#N)(C(=O)OCC(Cl)(Cl)Cl)N1C(=O)c2cccc(C3OCCO3)c2C1=O. The number of alkyl halides is 3. The predicted molar refractivity (Wildman–Crippen MR) is 111 cm³/mol. The van der Waals surface area contributed by atoms with Crippen LogP contribution in [0.2, 0.25) is 0 Å². The average molecular weight is 490 g/mol. The molecule has 1 aromatic rings. The summed E-state index contributed by atoms with van der Waals surface area (Å²) >= 11 is 17.0. The van der Waals surface area contributed by atoms with Crippen LogP contribution in [0.25, 0.3) is 0 Å². The number of rotatable bonds is 7. The van der Waals surface area contributed by atoms with Crippen molar-refractivity contribution in [2.24, 2.45) is 0 Å². The number of halogens is 3. The zero-order valence-electron chi connectivity index (χ0n) is 16.5. The van der Waals surface area contributed by atoms with Gasteiger partial charge < -0.3 is 14.2 Å². The smallest absolute Gasteiger partial charge is 0.333 e. The van der Waals surface area contributed by atoms with Gasteiger partial charge in [-0.1, -0.05) is 60.3 Å². The molecule has 31 heavy (non-hydrogen) atoms. The van der Waals surface area contributed by atoms with Crippen LogP contribution in [0.15, 0.2) is 18.2 Å². The Kier molecular flexibility index (Phi) is 7.14. The molecular weight excluding hydrogens is 471 g/mol. The Morgan fingerprint density at radius 3 is 2.52 bits per heavy atom. The van der Waals surface area contributed by atoms with Gasteiger partial charge in [-0.2, -0.15) is 5.26 Å². The molecule has 0 bridgehead atoms. The molecule has 1 saturated heterocycles. The number of carbonyl (C=O) groups is 3. The fourth-order valence-electron chi connectivity index (χ4n) is 3.81. The van der Waals surface area contributed by atoms with Crippen LogP contribution in [0, 0.1) is 11.3 Å². The van der Waals surface area contributed by atoms with Crippen molar-refractivity contribution in [2.75, 3.05) is 19.8 Å². The quantitative estimate of drug-likeness (QED) is 0.327. The van der Waals surface area contributed by atoms with Crippen LogP contribution >= 0.6 is 34.8 Å². The second-order valence-corrected chi connectivity index (χ2v) is 9.61. The van der Waals surface area contributed by atoms with Crippen LogP contribution in [0.5, 0.6) is 0 Å². The van der Waals surface area contributed by atoms with Gasteiger partial charge in [-0.05, 0) is 12.5 Å². The number of amides is 2. The van der Waals surface area contributed by atoms with E-state index in [0.29, 0.717) is 25.2 Å². The molecule has 8 nitrogen and oxygen atoms in total. The largest absolute Gasteiger partial charge is 0.459 e. The fraction of sp³-hybridized carbons (Fsp3) is 0.500. The topological polar surface area (TPSA) is 106 Å². The Labute approximate surface area is 193 Å². The van der Waals surface area contributed by atoms with Gasteiger partial charge in [-0.25, -0.2) is 4.79 Å². The standard InChI is InChI=1S/C20H19Cl3N2O6/c1-2-6-19(7-8-24,18(28)31-11-20(21,22)23)25-15(26)12-4-3-5-13(14(12)16(25)27)17-29-9-10-30-17/h3-5,17H,2,6-7,9-11H2,1H3. The van der Waals surface area contributed by atoms with Gasteiger partial charge in [0.1, 0.15) is 6.61 Å². The zero-order valence-corrected chi connectivity index (χ0v) is 18.8. The van der Waals surface area contributed by atoms with Crippen LogP contribution in [0.4, 0.5) is 0 Å². The number of fused-ring (bicyclic) bond motifs is 1. The third-order valence-corrected chi connectivity index (χ3v) is 5.36. The lowest BCUT2D eigenvalue weighted by Crippen LogP contribution is -2.58. The summed E-state index contributed by atoms with van der Waals surface area (Å²) < 4.78 is 14.2.